The van der Waals surface area contributed by atoms with E-state index < -0.39 is 0 Å². The maximum Gasteiger partial charge on any atom is 0.319 e. The number of thioether (sulfide) groups is 2. The first kappa shape index (κ1) is 27.6. The van der Waals surface area contributed by atoms with Gasteiger partial charge in [0, 0.05) is 30.3 Å². The van der Waals surface area contributed by atoms with E-state index in [1.165, 1.54) is 0 Å². The summed E-state index contributed by atoms with van der Waals surface area (Å²) < 4.78 is 10.2. The minimum absolute atomic E-state index is 0.0921. The van der Waals surface area contributed by atoms with Crippen molar-refractivity contribution in [2.24, 2.45) is 0 Å². The molecule has 0 aromatic carbocycles. The Labute approximate surface area is 180 Å². The maximum atomic E-state index is 12.5. The smallest absolute Gasteiger partial charge is 0.319 e. The summed E-state index contributed by atoms with van der Waals surface area (Å²) in [6, 6.07) is 0. The SMILES string of the molecule is CCOC(=O)CCOC(=O)C(CSCCN(CC)CC)SCCN(CC)CC. The van der Waals surface area contributed by atoms with E-state index in [1.54, 1.807) is 30.4 Å². The summed E-state index contributed by atoms with van der Waals surface area (Å²) in [5.41, 5.74) is 0. The normalized spacial score (nSPS) is 12.4. The Morgan fingerprint density at radius 2 is 1.43 bits per heavy atom. The van der Waals surface area contributed by atoms with Gasteiger partial charge in [-0.15, -0.1) is 11.8 Å². The number of esters is 2. The van der Waals surface area contributed by atoms with Crippen LogP contribution in [0.3, 0.4) is 0 Å². The van der Waals surface area contributed by atoms with Gasteiger partial charge in [0.05, 0.1) is 13.0 Å². The van der Waals surface area contributed by atoms with E-state index in [0.717, 1.165) is 56.5 Å². The zero-order chi connectivity index (χ0) is 21.2. The van der Waals surface area contributed by atoms with Gasteiger partial charge in [-0.05, 0) is 33.1 Å². The fraction of sp³-hybridized carbons (Fsp3) is 0.900. The molecule has 166 valence electrons. The predicted molar refractivity (Wildman–Crippen MR) is 121 cm³/mol. The molecule has 0 aromatic rings. The van der Waals surface area contributed by atoms with Crippen molar-refractivity contribution in [3.63, 3.8) is 0 Å². The van der Waals surface area contributed by atoms with Crippen LogP contribution in [-0.4, -0.2) is 96.7 Å². The highest BCUT2D eigenvalue weighted by atomic mass is 32.2. The van der Waals surface area contributed by atoms with Gasteiger partial charge in [-0.3, -0.25) is 9.59 Å². The van der Waals surface area contributed by atoms with Crippen LogP contribution in [0.25, 0.3) is 0 Å². The van der Waals surface area contributed by atoms with Crippen LogP contribution in [0, 0.1) is 0 Å². The first-order valence-corrected chi connectivity index (χ1v) is 12.7. The van der Waals surface area contributed by atoms with Crippen molar-refractivity contribution in [1.82, 2.24) is 9.80 Å². The third kappa shape index (κ3) is 13.7. The minimum atomic E-state index is -0.324. The molecule has 0 saturated carbocycles. The molecule has 0 aromatic heterocycles. The average Bonchev–Trinajstić information content (AvgIpc) is 2.69. The van der Waals surface area contributed by atoms with Crippen molar-refractivity contribution >= 4 is 35.5 Å². The second-order valence-electron chi connectivity index (χ2n) is 6.21. The monoisotopic (exact) mass is 436 g/mol. The van der Waals surface area contributed by atoms with Crippen molar-refractivity contribution in [2.45, 2.75) is 46.3 Å². The summed E-state index contributed by atoms with van der Waals surface area (Å²) in [5.74, 6) is 2.10. The van der Waals surface area contributed by atoms with Gasteiger partial charge in [-0.1, -0.05) is 27.7 Å². The molecule has 1 atom stereocenters. The van der Waals surface area contributed by atoms with Gasteiger partial charge >= 0.3 is 11.9 Å². The van der Waals surface area contributed by atoms with Gasteiger partial charge in [0.15, 0.2) is 0 Å². The lowest BCUT2D eigenvalue weighted by molar-refractivity contribution is -0.148. The van der Waals surface area contributed by atoms with Gasteiger partial charge in [-0.25, -0.2) is 0 Å². The molecule has 0 radical (unpaired) electrons. The summed E-state index contributed by atoms with van der Waals surface area (Å²) in [7, 11) is 0. The minimum Gasteiger partial charge on any atom is -0.466 e. The fourth-order valence-corrected chi connectivity index (χ4v) is 4.96. The Hall–Kier alpha value is -0.440. The molecule has 28 heavy (non-hydrogen) atoms. The third-order valence-corrected chi connectivity index (χ3v) is 6.89. The zero-order valence-electron chi connectivity index (χ0n) is 18.4. The van der Waals surface area contributed by atoms with E-state index in [0.29, 0.717) is 6.61 Å². The molecule has 0 fully saturated rings. The lowest BCUT2D eigenvalue weighted by atomic mass is 10.4. The second-order valence-corrected chi connectivity index (χ2v) is 8.67. The molecule has 0 heterocycles. The van der Waals surface area contributed by atoms with Crippen molar-refractivity contribution in [1.29, 1.82) is 0 Å². The zero-order valence-corrected chi connectivity index (χ0v) is 20.0. The Kier molecular flexibility index (Phi) is 18.3. The van der Waals surface area contributed by atoms with E-state index in [-0.39, 0.29) is 30.2 Å². The standard InChI is InChI=1S/C20H40N2O4S2/c1-6-21(7-2)12-15-27-17-18(28-16-13-22(8-3)9-4)20(24)26-14-11-19(23)25-10-5/h18H,6-17H2,1-5H3. The van der Waals surface area contributed by atoms with Gasteiger partial charge in [0.2, 0.25) is 0 Å². The van der Waals surface area contributed by atoms with E-state index in [2.05, 4.69) is 37.5 Å². The van der Waals surface area contributed by atoms with Crippen LogP contribution >= 0.6 is 23.5 Å². The lowest BCUT2D eigenvalue weighted by Gasteiger charge is -2.21. The molecule has 6 nitrogen and oxygen atoms in total. The Bertz CT molecular complexity index is 406. The van der Waals surface area contributed by atoms with Crippen LogP contribution in [-0.2, 0) is 19.1 Å². The summed E-state index contributed by atoms with van der Waals surface area (Å²) >= 11 is 3.46. The van der Waals surface area contributed by atoms with Crippen LogP contribution in [0.15, 0.2) is 0 Å². The van der Waals surface area contributed by atoms with Gasteiger partial charge in [0.25, 0.3) is 0 Å². The quantitative estimate of drug-likeness (QED) is 0.240. The Morgan fingerprint density at radius 3 is 1.96 bits per heavy atom. The average molecular weight is 437 g/mol. The van der Waals surface area contributed by atoms with Crippen LogP contribution in [0.2, 0.25) is 0 Å². The summed E-state index contributed by atoms with van der Waals surface area (Å²) in [5, 5.41) is -0.195. The summed E-state index contributed by atoms with van der Waals surface area (Å²) in [4.78, 5) is 28.6. The molecule has 0 N–H and O–H groups in total. The number of carbonyl (C=O) groups is 2. The van der Waals surface area contributed by atoms with Crippen molar-refractivity contribution in [3.05, 3.63) is 0 Å². The molecule has 0 aliphatic rings. The van der Waals surface area contributed by atoms with Crippen LogP contribution in [0.4, 0.5) is 0 Å². The fourth-order valence-electron chi connectivity index (χ4n) is 2.53. The number of ether oxygens (including phenoxy) is 2. The van der Waals surface area contributed by atoms with E-state index in [1.807, 2.05) is 0 Å². The molecule has 0 spiro atoms. The molecule has 0 bridgehead atoms. The van der Waals surface area contributed by atoms with Crippen molar-refractivity contribution in [2.75, 3.05) is 69.7 Å². The van der Waals surface area contributed by atoms with E-state index in [9.17, 15) is 9.59 Å². The molecular formula is C20H40N2O4S2. The molecular weight excluding hydrogens is 396 g/mol. The first-order chi connectivity index (χ1) is 13.5. The van der Waals surface area contributed by atoms with Crippen LogP contribution in [0.5, 0.6) is 0 Å². The van der Waals surface area contributed by atoms with Gasteiger partial charge < -0.3 is 19.3 Å². The lowest BCUT2D eigenvalue weighted by Crippen LogP contribution is -2.29. The molecule has 0 amide bonds. The highest BCUT2D eigenvalue weighted by molar-refractivity contribution is 8.03. The van der Waals surface area contributed by atoms with Gasteiger partial charge in [-0.2, -0.15) is 11.8 Å². The topological polar surface area (TPSA) is 59.1 Å². The largest absolute Gasteiger partial charge is 0.466 e. The number of nitrogens with zero attached hydrogens (tertiary/aromatic N) is 2. The summed E-state index contributed by atoms with van der Waals surface area (Å²) in [6.07, 6.45) is 0.117. The van der Waals surface area contributed by atoms with Crippen LogP contribution in [0.1, 0.15) is 41.0 Å². The molecule has 0 saturated heterocycles. The van der Waals surface area contributed by atoms with Crippen LogP contribution < -0.4 is 0 Å². The Balaban J connectivity index is 4.43. The molecule has 8 heteroatoms. The number of carbonyl (C=O) groups excluding carboxylic acids is 2. The van der Waals surface area contributed by atoms with E-state index in [4.69, 9.17) is 9.47 Å². The van der Waals surface area contributed by atoms with Crippen molar-refractivity contribution in [3.8, 4) is 0 Å². The molecule has 0 aliphatic carbocycles. The predicted octanol–water partition coefficient (Wildman–Crippen LogP) is 3.00. The first-order valence-electron chi connectivity index (χ1n) is 10.5. The number of rotatable bonds is 18. The molecule has 0 aliphatic heterocycles. The third-order valence-electron chi connectivity index (χ3n) is 4.46. The maximum absolute atomic E-state index is 12.5. The van der Waals surface area contributed by atoms with E-state index >= 15 is 0 Å². The molecule has 0 rings (SSSR count). The Morgan fingerprint density at radius 1 is 0.857 bits per heavy atom. The number of hydrogen-bond donors (Lipinski definition) is 0. The highest BCUT2D eigenvalue weighted by Gasteiger charge is 2.21. The molecule has 1 unspecified atom stereocenters. The highest BCUT2D eigenvalue weighted by Crippen LogP contribution is 2.19. The summed E-state index contributed by atoms with van der Waals surface area (Å²) in [6.45, 7) is 17.0. The van der Waals surface area contributed by atoms with Gasteiger partial charge in [0.1, 0.15) is 11.9 Å². The second kappa shape index (κ2) is 18.6. The number of hydrogen-bond acceptors (Lipinski definition) is 8. The van der Waals surface area contributed by atoms with Crippen molar-refractivity contribution < 1.29 is 19.1 Å².